The van der Waals surface area contributed by atoms with Crippen LogP contribution in [0.5, 0.6) is 0 Å². The molecule has 6 heteroatoms. The summed E-state index contributed by atoms with van der Waals surface area (Å²) in [5.41, 5.74) is 2.33. The van der Waals surface area contributed by atoms with Gasteiger partial charge in [-0.3, -0.25) is 14.5 Å². The Bertz CT molecular complexity index is 1040. The summed E-state index contributed by atoms with van der Waals surface area (Å²) >= 11 is 6.40. The molecule has 2 aliphatic heterocycles. The zero-order valence-corrected chi connectivity index (χ0v) is 15.6. The predicted molar refractivity (Wildman–Crippen MR) is 104 cm³/mol. The highest BCUT2D eigenvalue weighted by atomic mass is 35.5. The normalized spacial score (nSPS) is 35.0. The van der Waals surface area contributed by atoms with Crippen LogP contribution in [0, 0.1) is 29.6 Å². The van der Waals surface area contributed by atoms with E-state index in [1.807, 2.05) is 54.6 Å². The second kappa shape index (κ2) is 5.67. The van der Waals surface area contributed by atoms with Gasteiger partial charge >= 0.3 is 0 Å². The fraction of sp³-hybridized carbons (Fsp3) is 0.318. The first-order chi connectivity index (χ1) is 13.7. The third-order valence-corrected chi connectivity index (χ3v) is 7.18. The third-order valence-electron chi connectivity index (χ3n) is 6.85. The van der Waals surface area contributed by atoms with Crippen molar-refractivity contribution in [3.8, 4) is 0 Å². The van der Waals surface area contributed by atoms with E-state index in [0.29, 0.717) is 10.7 Å². The van der Waals surface area contributed by atoms with Crippen LogP contribution in [0.25, 0.3) is 0 Å². The Morgan fingerprint density at radius 1 is 0.893 bits per heavy atom. The maximum Gasteiger partial charge on any atom is 0.238 e. The molecule has 3 fully saturated rings. The first kappa shape index (κ1) is 16.3. The maximum atomic E-state index is 13.3. The molecule has 2 bridgehead atoms. The Labute approximate surface area is 166 Å². The molecule has 2 aliphatic carbocycles. The van der Waals surface area contributed by atoms with Gasteiger partial charge in [0.05, 0.1) is 23.2 Å². The van der Waals surface area contributed by atoms with Crippen LogP contribution >= 0.6 is 11.6 Å². The van der Waals surface area contributed by atoms with Crippen LogP contribution in [0.15, 0.2) is 59.8 Å². The topological polar surface area (TPSA) is 59.0 Å². The molecular formula is C22H17ClN2O3. The number of halogens is 1. The third kappa shape index (κ3) is 1.95. The average molecular weight is 393 g/mol. The van der Waals surface area contributed by atoms with Crippen molar-refractivity contribution in [2.75, 3.05) is 4.90 Å². The zero-order chi connectivity index (χ0) is 19.0. The van der Waals surface area contributed by atoms with Crippen LogP contribution in [0.1, 0.15) is 12.0 Å². The van der Waals surface area contributed by atoms with Gasteiger partial charge in [-0.15, -0.1) is 0 Å². The fourth-order valence-electron chi connectivity index (χ4n) is 5.85. The van der Waals surface area contributed by atoms with Crippen molar-refractivity contribution in [2.45, 2.75) is 12.5 Å². The summed E-state index contributed by atoms with van der Waals surface area (Å²) in [5, 5.41) is 4.97. The minimum Gasteiger partial charge on any atom is -0.391 e. The highest BCUT2D eigenvalue weighted by Crippen LogP contribution is 2.62. The van der Waals surface area contributed by atoms with Crippen molar-refractivity contribution in [1.82, 2.24) is 0 Å². The summed E-state index contributed by atoms with van der Waals surface area (Å²) in [6, 6.07) is 16.8. The Balaban J connectivity index is 1.38. The Morgan fingerprint density at radius 3 is 2.32 bits per heavy atom. The van der Waals surface area contributed by atoms with Gasteiger partial charge in [-0.2, -0.15) is 0 Å². The molecule has 4 aliphatic rings. The Morgan fingerprint density at radius 2 is 1.57 bits per heavy atom. The van der Waals surface area contributed by atoms with Crippen LogP contribution in [0.3, 0.4) is 0 Å². The minimum absolute atomic E-state index is 0.0126. The molecule has 6 atom stereocenters. The van der Waals surface area contributed by atoms with Gasteiger partial charge in [0.1, 0.15) is 6.10 Å². The Hall–Kier alpha value is -2.66. The zero-order valence-electron chi connectivity index (χ0n) is 14.9. The summed E-state index contributed by atoms with van der Waals surface area (Å²) in [7, 11) is 0. The molecule has 2 aromatic rings. The van der Waals surface area contributed by atoms with Crippen molar-refractivity contribution in [3.63, 3.8) is 0 Å². The van der Waals surface area contributed by atoms with Gasteiger partial charge in [-0.1, -0.05) is 53.2 Å². The molecule has 6 rings (SSSR count). The van der Waals surface area contributed by atoms with Crippen LogP contribution in [0.4, 0.5) is 5.69 Å². The van der Waals surface area contributed by atoms with Crippen molar-refractivity contribution in [1.29, 1.82) is 0 Å². The highest BCUT2D eigenvalue weighted by Gasteiger charge is 2.70. The fourth-order valence-corrected chi connectivity index (χ4v) is 6.08. The van der Waals surface area contributed by atoms with Gasteiger partial charge in [0.15, 0.2) is 0 Å². The quantitative estimate of drug-likeness (QED) is 0.735. The van der Waals surface area contributed by atoms with Gasteiger partial charge < -0.3 is 4.84 Å². The number of fused-ring (bicyclic) bond motifs is 8. The molecule has 2 heterocycles. The molecule has 28 heavy (non-hydrogen) atoms. The van der Waals surface area contributed by atoms with Crippen molar-refractivity contribution < 1.29 is 14.4 Å². The molecule has 0 spiro atoms. The van der Waals surface area contributed by atoms with Gasteiger partial charge in [0.25, 0.3) is 0 Å². The van der Waals surface area contributed by atoms with Gasteiger partial charge in [0.2, 0.25) is 11.8 Å². The second-order valence-electron chi connectivity index (χ2n) is 8.01. The molecule has 0 unspecified atom stereocenters. The molecule has 0 aromatic heterocycles. The summed E-state index contributed by atoms with van der Waals surface area (Å²) in [6.45, 7) is 0. The molecule has 140 valence electrons. The van der Waals surface area contributed by atoms with E-state index in [2.05, 4.69) is 5.16 Å². The summed E-state index contributed by atoms with van der Waals surface area (Å²) in [6.07, 6.45) is 0.679. The first-order valence-electron chi connectivity index (χ1n) is 9.58. The van der Waals surface area contributed by atoms with E-state index in [1.54, 1.807) is 0 Å². The van der Waals surface area contributed by atoms with E-state index >= 15 is 0 Å². The standard InChI is InChI=1S/C22H17ClN2O3/c23-15-9-5-4-8-12(15)19-18-13-10-14(20(18)28-24-19)17-16(13)21(26)25(22(17)27)11-6-2-1-3-7-11/h1-9,13-14,16-18,20H,10H2/t13-,14+,16-,17+,18+,20-/m1/s1. The summed E-state index contributed by atoms with van der Waals surface area (Å²) < 4.78 is 0. The lowest BCUT2D eigenvalue weighted by Crippen LogP contribution is -2.41. The number of rotatable bonds is 2. The number of para-hydroxylation sites is 1. The minimum atomic E-state index is -0.306. The first-order valence-corrected chi connectivity index (χ1v) is 9.96. The predicted octanol–water partition coefficient (Wildman–Crippen LogP) is 3.51. The molecule has 5 nitrogen and oxygen atoms in total. The highest BCUT2D eigenvalue weighted by molar-refractivity contribution is 6.34. The SMILES string of the molecule is O=C1[C@@H]2[C@H]3C[C@H]([C@H]4ON=C(c5ccccc5Cl)[C@H]34)[C@@H]2C(=O)N1c1ccccc1. The Kier molecular flexibility index (Phi) is 3.30. The number of anilines is 1. The number of amides is 2. The van der Waals surface area contributed by atoms with Crippen molar-refractivity contribution in [3.05, 3.63) is 65.2 Å². The number of imide groups is 1. The van der Waals surface area contributed by atoms with E-state index in [9.17, 15) is 9.59 Å². The van der Waals surface area contributed by atoms with Crippen LogP contribution < -0.4 is 4.90 Å². The van der Waals surface area contributed by atoms with Gasteiger partial charge in [-0.25, -0.2) is 0 Å². The number of nitrogens with zero attached hydrogens (tertiary/aromatic N) is 2. The molecule has 2 aromatic carbocycles. The lowest BCUT2D eigenvalue weighted by atomic mass is 9.71. The van der Waals surface area contributed by atoms with E-state index in [0.717, 1.165) is 17.7 Å². The monoisotopic (exact) mass is 392 g/mol. The van der Waals surface area contributed by atoms with Gasteiger partial charge in [-0.05, 0) is 30.5 Å². The lowest BCUT2D eigenvalue weighted by molar-refractivity contribution is -0.125. The summed E-state index contributed by atoms with van der Waals surface area (Å²) in [4.78, 5) is 33.6. The van der Waals surface area contributed by atoms with E-state index in [-0.39, 0.29) is 47.5 Å². The number of oxime groups is 1. The molecule has 0 radical (unpaired) electrons. The number of hydrogen-bond acceptors (Lipinski definition) is 4. The van der Waals surface area contributed by atoms with E-state index < -0.39 is 0 Å². The van der Waals surface area contributed by atoms with E-state index in [4.69, 9.17) is 16.4 Å². The smallest absolute Gasteiger partial charge is 0.238 e. The average Bonchev–Trinajstić information content (AvgIpc) is 3.43. The van der Waals surface area contributed by atoms with Crippen LogP contribution in [-0.4, -0.2) is 23.6 Å². The van der Waals surface area contributed by atoms with Crippen LogP contribution in [0.2, 0.25) is 5.02 Å². The largest absolute Gasteiger partial charge is 0.391 e. The molecule has 0 N–H and O–H groups in total. The number of carbonyl (C=O) groups is 2. The lowest BCUT2D eigenvalue weighted by Gasteiger charge is -2.30. The van der Waals surface area contributed by atoms with Crippen molar-refractivity contribution >= 4 is 34.8 Å². The van der Waals surface area contributed by atoms with Crippen LogP contribution in [-0.2, 0) is 14.4 Å². The van der Waals surface area contributed by atoms with Gasteiger partial charge in [0, 0.05) is 22.4 Å². The molecule has 2 saturated carbocycles. The summed E-state index contributed by atoms with van der Waals surface area (Å²) in [5.74, 6) is -0.692. The molecular weight excluding hydrogens is 376 g/mol. The number of hydrogen-bond donors (Lipinski definition) is 0. The maximum absolute atomic E-state index is 13.3. The van der Waals surface area contributed by atoms with E-state index in [1.165, 1.54) is 4.90 Å². The second-order valence-corrected chi connectivity index (χ2v) is 8.42. The molecule has 1 saturated heterocycles. The van der Waals surface area contributed by atoms with Crippen molar-refractivity contribution in [2.24, 2.45) is 34.7 Å². The number of benzene rings is 2. The molecule has 2 amide bonds. The number of carbonyl (C=O) groups excluding carboxylic acids is 2.